The highest BCUT2D eigenvalue weighted by Gasteiger charge is 2.19. The quantitative estimate of drug-likeness (QED) is 0.743. The van der Waals surface area contributed by atoms with Crippen molar-refractivity contribution in [1.82, 2.24) is 0 Å². The van der Waals surface area contributed by atoms with Crippen molar-refractivity contribution in [2.75, 3.05) is 0 Å². The molecule has 2 heteroatoms. The molecule has 0 saturated heterocycles. The van der Waals surface area contributed by atoms with Crippen LogP contribution in [0, 0.1) is 5.92 Å². The molecule has 2 nitrogen and oxygen atoms in total. The first-order chi connectivity index (χ1) is 6.13. The van der Waals surface area contributed by atoms with Gasteiger partial charge in [-0.25, -0.2) is 0 Å². The maximum atomic E-state index is 9.80. The smallest absolute Gasteiger partial charge is 0.0840 e. The van der Waals surface area contributed by atoms with Crippen LogP contribution >= 0.6 is 0 Å². The van der Waals surface area contributed by atoms with E-state index in [0.717, 1.165) is 5.56 Å². The Kier molecular flexibility index (Phi) is 3.46. The van der Waals surface area contributed by atoms with Crippen LogP contribution in [0.3, 0.4) is 0 Å². The lowest BCUT2D eigenvalue weighted by molar-refractivity contribution is 0.0307. The van der Waals surface area contributed by atoms with Crippen molar-refractivity contribution in [3.05, 3.63) is 35.9 Å². The lowest BCUT2D eigenvalue weighted by Gasteiger charge is -2.21. The summed E-state index contributed by atoms with van der Waals surface area (Å²) in [6, 6.07) is 9.40. The van der Waals surface area contributed by atoms with Crippen molar-refractivity contribution in [3.8, 4) is 0 Å². The zero-order valence-corrected chi connectivity index (χ0v) is 8.01. The molecule has 0 amide bonds. The normalized spacial score (nSPS) is 17.8. The summed E-state index contributed by atoms with van der Waals surface area (Å²) >= 11 is 0. The molecule has 3 atom stereocenters. The van der Waals surface area contributed by atoms with Crippen LogP contribution in [-0.2, 0) is 0 Å². The van der Waals surface area contributed by atoms with E-state index in [0.29, 0.717) is 0 Å². The number of aliphatic hydroxyl groups is 2. The van der Waals surface area contributed by atoms with E-state index < -0.39 is 12.2 Å². The van der Waals surface area contributed by atoms with Crippen molar-refractivity contribution in [3.63, 3.8) is 0 Å². The third-order valence-electron chi connectivity index (χ3n) is 2.40. The molecule has 13 heavy (non-hydrogen) atoms. The Balaban J connectivity index is 2.73. The van der Waals surface area contributed by atoms with Gasteiger partial charge in [-0.15, -0.1) is 0 Å². The van der Waals surface area contributed by atoms with E-state index in [1.165, 1.54) is 0 Å². The molecule has 1 rings (SSSR count). The Labute approximate surface area is 78.8 Å². The van der Waals surface area contributed by atoms with Gasteiger partial charge in [0.2, 0.25) is 0 Å². The molecule has 1 aromatic carbocycles. The van der Waals surface area contributed by atoms with E-state index in [-0.39, 0.29) is 5.92 Å². The molecule has 1 aromatic rings. The maximum Gasteiger partial charge on any atom is 0.0840 e. The molecular formula is C11H16O2. The minimum Gasteiger partial charge on any atom is -0.393 e. The molecule has 0 aliphatic carbocycles. The lowest BCUT2D eigenvalue weighted by atomic mass is 9.93. The van der Waals surface area contributed by atoms with Gasteiger partial charge in [-0.3, -0.25) is 0 Å². The van der Waals surface area contributed by atoms with Gasteiger partial charge in [-0.2, -0.15) is 0 Å². The third-order valence-corrected chi connectivity index (χ3v) is 2.40. The van der Waals surface area contributed by atoms with Crippen LogP contribution in [0.1, 0.15) is 25.5 Å². The second-order valence-electron chi connectivity index (χ2n) is 3.46. The highest BCUT2D eigenvalue weighted by atomic mass is 16.3. The van der Waals surface area contributed by atoms with Gasteiger partial charge < -0.3 is 10.2 Å². The summed E-state index contributed by atoms with van der Waals surface area (Å²) < 4.78 is 0. The first kappa shape index (κ1) is 10.2. The highest BCUT2D eigenvalue weighted by Crippen LogP contribution is 2.23. The average Bonchev–Trinajstić information content (AvgIpc) is 2.17. The lowest BCUT2D eigenvalue weighted by Crippen LogP contribution is -2.20. The van der Waals surface area contributed by atoms with Crippen molar-refractivity contribution in [2.45, 2.75) is 26.1 Å². The Bertz CT molecular complexity index is 244. The topological polar surface area (TPSA) is 40.5 Å². The van der Waals surface area contributed by atoms with Gasteiger partial charge in [-0.1, -0.05) is 37.3 Å². The number of hydrogen-bond acceptors (Lipinski definition) is 2. The van der Waals surface area contributed by atoms with E-state index in [4.69, 9.17) is 0 Å². The summed E-state index contributed by atoms with van der Waals surface area (Å²) in [5.41, 5.74) is 0.857. The predicted molar refractivity (Wildman–Crippen MR) is 52.2 cm³/mol. The van der Waals surface area contributed by atoms with Crippen molar-refractivity contribution in [2.24, 2.45) is 5.92 Å². The Hall–Kier alpha value is -0.860. The molecule has 0 unspecified atom stereocenters. The molecule has 0 radical (unpaired) electrons. The highest BCUT2D eigenvalue weighted by molar-refractivity contribution is 5.17. The van der Waals surface area contributed by atoms with Crippen molar-refractivity contribution < 1.29 is 10.2 Å². The second kappa shape index (κ2) is 4.40. The molecule has 2 N–H and O–H groups in total. The summed E-state index contributed by atoms with van der Waals surface area (Å²) in [6.07, 6.45) is -1.07. The molecule has 0 aliphatic heterocycles. The monoisotopic (exact) mass is 180 g/mol. The predicted octanol–water partition coefficient (Wildman–Crippen LogP) is 1.74. The van der Waals surface area contributed by atoms with E-state index in [9.17, 15) is 10.2 Å². The first-order valence-electron chi connectivity index (χ1n) is 4.54. The van der Waals surface area contributed by atoms with Crippen molar-refractivity contribution in [1.29, 1.82) is 0 Å². The number of rotatable bonds is 3. The van der Waals surface area contributed by atoms with Gasteiger partial charge in [0.15, 0.2) is 0 Å². The van der Waals surface area contributed by atoms with Crippen LogP contribution in [0.15, 0.2) is 30.3 Å². The van der Waals surface area contributed by atoms with Crippen molar-refractivity contribution >= 4 is 0 Å². The zero-order valence-electron chi connectivity index (χ0n) is 8.01. The van der Waals surface area contributed by atoms with Crippen LogP contribution < -0.4 is 0 Å². The van der Waals surface area contributed by atoms with Gasteiger partial charge in [0, 0.05) is 5.92 Å². The standard InChI is InChI=1S/C11H16O2/c1-8(9(2)12)11(13)10-6-4-3-5-7-10/h3-9,11-13H,1-2H3/t8-,9-,11+/m0/s1. The first-order valence-corrected chi connectivity index (χ1v) is 4.54. The number of aliphatic hydroxyl groups excluding tert-OH is 2. The summed E-state index contributed by atoms with van der Waals surface area (Å²) in [6.45, 7) is 3.53. The SMILES string of the molecule is C[C@@H]([C@H](C)O)[C@@H](O)c1ccccc1. The second-order valence-corrected chi connectivity index (χ2v) is 3.46. The Morgan fingerprint density at radius 1 is 1.00 bits per heavy atom. The average molecular weight is 180 g/mol. The minimum atomic E-state index is -0.582. The molecular weight excluding hydrogens is 164 g/mol. The molecule has 72 valence electrons. The van der Waals surface area contributed by atoms with Gasteiger partial charge in [0.25, 0.3) is 0 Å². The molecule has 0 saturated carbocycles. The fourth-order valence-electron chi connectivity index (χ4n) is 1.22. The molecule has 0 fully saturated rings. The molecule has 0 spiro atoms. The third kappa shape index (κ3) is 2.54. The largest absolute Gasteiger partial charge is 0.393 e. The van der Waals surface area contributed by atoms with Crippen LogP contribution in [0.25, 0.3) is 0 Å². The van der Waals surface area contributed by atoms with E-state index >= 15 is 0 Å². The van der Waals surface area contributed by atoms with E-state index in [2.05, 4.69) is 0 Å². The van der Waals surface area contributed by atoms with E-state index in [1.54, 1.807) is 6.92 Å². The zero-order chi connectivity index (χ0) is 9.84. The molecule has 0 aliphatic rings. The fourth-order valence-corrected chi connectivity index (χ4v) is 1.22. The minimum absolute atomic E-state index is 0.137. The van der Waals surface area contributed by atoms with Gasteiger partial charge in [0.05, 0.1) is 12.2 Å². The maximum absolute atomic E-state index is 9.80. The summed E-state index contributed by atoms with van der Waals surface area (Å²) in [4.78, 5) is 0. The Morgan fingerprint density at radius 3 is 2.00 bits per heavy atom. The summed E-state index contributed by atoms with van der Waals surface area (Å²) in [5.74, 6) is -0.137. The summed E-state index contributed by atoms with van der Waals surface area (Å²) in [5, 5.41) is 19.1. The molecule has 0 heterocycles. The van der Waals surface area contributed by atoms with Crippen LogP contribution in [0.4, 0.5) is 0 Å². The number of hydrogen-bond donors (Lipinski definition) is 2. The fraction of sp³-hybridized carbons (Fsp3) is 0.455. The van der Waals surface area contributed by atoms with Crippen LogP contribution in [-0.4, -0.2) is 16.3 Å². The van der Waals surface area contributed by atoms with Crippen LogP contribution in [0.5, 0.6) is 0 Å². The summed E-state index contributed by atoms with van der Waals surface area (Å²) in [7, 11) is 0. The van der Waals surface area contributed by atoms with Gasteiger partial charge in [-0.05, 0) is 12.5 Å². The molecule has 0 aromatic heterocycles. The van der Waals surface area contributed by atoms with Crippen LogP contribution in [0.2, 0.25) is 0 Å². The van der Waals surface area contributed by atoms with E-state index in [1.807, 2.05) is 37.3 Å². The molecule has 0 bridgehead atoms. The number of benzene rings is 1. The van der Waals surface area contributed by atoms with Gasteiger partial charge in [0.1, 0.15) is 0 Å². The van der Waals surface area contributed by atoms with Gasteiger partial charge >= 0.3 is 0 Å². The Morgan fingerprint density at radius 2 is 1.54 bits per heavy atom.